The normalized spacial score (nSPS) is 11.1. The molecule has 7 heteroatoms. The maximum absolute atomic E-state index is 12.7. The summed E-state index contributed by atoms with van der Waals surface area (Å²) in [5.41, 5.74) is -0.620. The van der Waals surface area contributed by atoms with Gasteiger partial charge in [-0.2, -0.15) is 5.26 Å². The molecule has 0 aliphatic heterocycles. The molecule has 0 saturated carbocycles. The van der Waals surface area contributed by atoms with Gasteiger partial charge in [0, 0.05) is 4.47 Å². The second-order valence-corrected chi connectivity index (χ2v) is 6.17. The molecule has 1 rings (SSSR count). The van der Waals surface area contributed by atoms with Crippen molar-refractivity contribution < 1.29 is 18.3 Å². The van der Waals surface area contributed by atoms with Crippen LogP contribution in [0.2, 0.25) is 0 Å². The fourth-order valence-electron chi connectivity index (χ4n) is 1.56. The Morgan fingerprint density at radius 3 is 2.57 bits per heavy atom. The van der Waals surface area contributed by atoms with E-state index in [9.17, 15) is 13.6 Å². The Kier molecular flexibility index (Phi) is 5.67. The quantitative estimate of drug-likeness (QED) is 0.805. The Hall–Kier alpha value is -1.68. The summed E-state index contributed by atoms with van der Waals surface area (Å²) in [6, 6.07) is 6.33. The van der Waals surface area contributed by atoms with E-state index >= 15 is 0 Å². The van der Waals surface area contributed by atoms with Gasteiger partial charge in [-0.1, -0.05) is 15.9 Å². The topological polar surface area (TPSA) is 53.3 Å². The Morgan fingerprint density at radius 1 is 1.48 bits per heavy atom. The predicted octanol–water partition coefficient (Wildman–Crippen LogP) is 4.33. The van der Waals surface area contributed by atoms with Crippen molar-refractivity contribution in [3.63, 3.8) is 0 Å². The lowest BCUT2D eigenvalue weighted by molar-refractivity contribution is 0.0543. The van der Waals surface area contributed by atoms with Crippen LogP contribution in [0, 0.1) is 11.3 Å². The molecule has 0 radical (unpaired) electrons. The van der Waals surface area contributed by atoms with Gasteiger partial charge >= 0.3 is 6.09 Å². The van der Waals surface area contributed by atoms with Gasteiger partial charge in [-0.15, -0.1) is 0 Å². The van der Waals surface area contributed by atoms with E-state index < -0.39 is 24.7 Å². The number of carbonyl (C=O) groups excluding carboxylic acids is 1. The molecule has 0 bridgehead atoms. The summed E-state index contributed by atoms with van der Waals surface area (Å²) in [7, 11) is 0. The van der Waals surface area contributed by atoms with Crippen molar-refractivity contribution in [2.24, 2.45) is 0 Å². The van der Waals surface area contributed by atoms with Crippen molar-refractivity contribution in [2.45, 2.75) is 32.8 Å². The molecule has 0 spiro atoms. The first-order valence-corrected chi connectivity index (χ1v) is 6.91. The number of hydrogen-bond acceptors (Lipinski definition) is 3. The number of ether oxygens (including phenoxy) is 1. The monoisotopic (exact) mass is 360 g/mol. The highest BCUT2D eigenvalue weighted by Crippen LogP contribution is 2.26. The van der Waals surface area contributed by atoms with E-state index in [1.54, 1.807) is 26.8 Å². The van der Waals surface area contributed by atoms with Crippen LogP contribution >= 0.6 is 15.9 Å². The van der Waals surface area contributed by atoms with Gasteiger partial charge in [-0.05, 0) is 39.0 Å². The SMILES string of the molecule is CC(C)(C)OC(=O)N(CC(F)F)c1ccc(Br)cc1C#N. The molecule has 1 aromatic carbocycles. The fourth-order valence-corrected chi connectivity index (χ4v) is 1.92. The minimum absolute atomic E-state index is 0.0928. The van der Waals surface area contributed by atoms with Crippen LogP contribution in [0.4, 0.5) is 19.3 Å². The summed E-state index contributed by atoms with van der Waals surface area (Å²) in [5, 5.41) is 9.10. The highest BCUT2D eigenvalue weighted by atomic mass is 79.9. The number of hydrogen-bond donors (Lipinski definition) is 0. The number of benzene rings is 1. The average molecular weight is 361 g/mol. The van der Waals surface area contributed by atoms with E-state index in [1.165, 1.54) is 12.1 Å². The van der Waals surface area contributed by atoms with Gasteiger partial charge in [0.1, 0.15) is 11.7 Å². The third-order valence-electron chi connectivity index (χ3n) is 2.30. The molecule has 0 unspecified atom stereocenters. The molecular formula is C14H15BrF2N2O2. The van der Waals surface area contributed by atoms with Gasteiger partial charge in [0.25, 0.3) is 6.43 Å². The summed E-state index contributed by atoms with van der Waals surface area (Å²) >= 11 is 3.19. The zero-order chi connectivity index (χ0) is 16.2. The average Bonchev–Trinajstić information content (AvgIpc) is 2.33. The summed E-state index contributed by atoms with van der Waals surface area (Å²) in [6.45, 7) is 4.07. The molecule has 0 saturated heterocycles. The predicted molar refractivity (Wildman–Crippen MR) is 78.4 cm³/mol. The van der Waals surface area contributed by atoms with E-state index in [-0.39, 0.29) is 11.3 Å². The molecule has 0 fully saturated rings. The first-order chi connectivity index (χ1) is 9.64. The van der Waals surface area contributed by atoms with E-state index in [2.05, 4.69) is 15.9 Å². The lowest BCUT2D eigenvalue weighted by atomic mass is 10.1. The van der Waals surface area contributed by atoms with Gasteiger partial charge in [-0.25, -0.2) is 13.6 Å². The smallest absolute Gasteiger partial charge is 0.415 e. The van der Waals surface area contributed by atoms with Crippen molar-refractivity contribution in [1.82, 2.24) is 0 Å². The first-order valence-electron chi connectivity index (χ1n) is 6.12. The number of rotatable bonds is 3. The Labute approximate surface area is 130 Å². The summed E-state index contributed by atoms with van der Waals surface area (Å²) in [4.78, 5) is 12.9. The number of nitriles is 1. The van der Waals surface area contributed by atoms with E-state index in [0.29, 0.717) is 4.47 Å². The van der Waals surface area contributed by atoms with Gasteiger partial charge < -0.3 is 4.74 Å². The maximum Gasteiger partial charge on any atom is 0.415 e. The van der Waals surface area contributed by atoms with Crippen LogP contribution in [0.25, 0.3) is 0 Å². The molecule has 1 amide bonds. The third kappa shape index (κ3) is 5.31. The highest BCUT2D eigenvalue weighted by molar-refractivity contribution is 9.10. The standard InChI is InChI=1S/C14H15BrF2N2O2/c1-14(2,3)21-13(20)19(8-12(16)17)11-5-4-10(15)6-9(11)7-18/h4-6,12H,8H2,1-3H3. The molecule has 0 N–H and O–H groups in total. The minimum atomic E-state index is -2.74. The van der Waals surface area contributed by atoms with E-state index in [1.807, 2.05) is 6.07 Å². The number of halogens is 3. The fraction of sp³-hybridized carbons (Fsp3) is 0.429. The molecular weight excluding hydrogens is 346 g/mol. The first kappa shape index (κ1) is 17.4. The van der Waals surface area contributed by atoms with E-state index in [4.69, 9.17) is 10.00 Å². The Morgan fingerprint density at radius 2 is 2.10 bits per heavy atom. The molecule has 0 aromatic heterocycles. The number of amides is 1. The molecule has 1 aromatic rings. The molecule has 0 atom stereocenters. The van der Waals surface area contributed by atoms with Crippen LogP contribution in [0.3, 0.4) is 0 Å². The van der Waals surface area contributed by atoms with Crippen LogP contribution in [-0.4, -0.2) is 24.7 Å². The number of alkyl halides is 2. The van der Waals surface area contributed by atoms with Crippen LogP contribution in [0.15, 0.2) is 22.7 Å². The van der Waals surface area contributed by atoms with Crippen LogP contribution in [0.1, 0.15) is 26.3 Å². The molecule has 114 valence electrons. The second-order valence-electron chi connectivity index (χ2n) is 5.26. The van der Waals surface area contributed by atoms with Gasteiger partial charge in [0.15, 0.2) is 0 Å². The van der Waals surface area contributed by atoms with Crippen LogP contribution in [0.5, 0.6) is 0 Å². The zero-order valence-electron chi connectivity index (χ0n) is 11.9. The highest BCUT2D eigenvalue weighted by Gasteiger charge is 2.27. The summed E-state index contributed by atoms with van der Waals surface area (Å²) in [6.07, 6.45) is -3.66. The van der Waals surface area contributed by atoms with Gasteiger partial charge in [0.05, 0.1) is 17.8 Å². The molecule has 0 aliphatic carbocycles. The van der Waals surface area contributed by atoms with Gasteiger partial charge in [0.2, 0.25) is 0 Å². The molecule has 4 nitrogen and oxygen atoms in total. The minimum Gasteiger partial charge on any atom is -0.443 e. The lowest BCUT2D eigenvalue weighted by Crippen LogP contribution is -2.40. The van der Waals surface area contributed by atoms with Crippen molar-refractivity contribution in [3.05, 3.63) is 28.2 Å². The van der Waals surface area contributed by atoms with Gasteiger partial charge in [-0.3, -0.25) is 4.90 Å². The Bertz CT molecular complexity index is 565. The number of anilines is 1. The summed E-state index contributed by atoms with van der Waals surface area (Å²) in [5.74, 6) is 0. The second kappa shape index (κ2) is 6.85. The third-order valence-corrected chi connectivity index (χ3v) is 2.80. The van der Waals surface area contributed by atoms with Crippen molar-refractivity contribution in [3.8, 4) is 6.07 Å². The van der Waals surface area contributed by atoms with Crippen molar-refractivity contribution in [1.29, 1.82) is 5.26 Å². The Balaban J connectivity index is 3.20. The molecule has 0 heterocycles. The maximum atomic E-state index is 12.7. The zero-order valence-corrected chi connectivity index (χ0v) is 13.4. The molecule has 0 aliphatic rings. The number of nitrogens with zero attached hydrogens (tertiary/aromatic N) is 2. The van der Waals surface area contributed by atoms with Crippen LogP contribution < -0.4 is 4.90 Å². The van der Waals surface area contributed by atoms with Crippen molar-refractivity contribution >= 4 is 27.7 Å². The van der Waals surface area contributed by atoms with Crippen molar-refractivity contribution in [2.75, 3.05) is 11.4 Å². The summed E-state index contributed by atoms with van der Waals surface area (Å²) < 4.78 is 31.2. The van der Waals surface area contributed by atoms with Crippen LogP contribution in [-0.2, 0) is 4.74 Å². The largest absolute Gasteiger partial charge is 0.443 e. The molecule has 21 heavy (non-hydrogen) atoms. The lowest BCUT2D eigenvalue weighted by Gasteiger charge is -2.27. The van der Waals surface area contributed by atoms with E-state index in [0.717, 1.165) is 4.90 Å². The number of carbonyl (C=O) groups is 1.